The van der Waals surface area contributed by atoms with Crippen LogP contribution in [0.15, 0.2) is 36.7 Å². The molecule has 0 saturated carbocycles. The molecule has 2 saturated heterocycles. The van der Waals surface area contributed by atoms with Gasteiger partial charge in [0.05, 0.1) is 28.5 Å². The number of rotatable bonds is 8. The Kier molecular flexibility index (Phi) is 7.51. The van der Waals surface area contributed by atoms with Crippen LogP contribution in [0.5, 0.6) is 5.75 Å². The first kappa shape index (κ1) is 24.0. The van der Waals surface area contributed by atoms with E-state index in [-0.39, 0.29) is 10.7 Å². The summed E-state index contributed by atoms with van der Waals surface area (Å²) in [7, 11) is 1.86. The molecule has 0 bridgehead atoms. The van der Waals surface area contributed by atoms with Crippen molar-refractivity contribution < 1.29 is 9.13 Å². The number of benzene rings is 2. The smallest absolute Gasteiger partial charge is 0.165 e. The van der Waals surface area contributed by atoms with Crippen LogP contribution in [0.1, 0.15) is 19.3 Å². The highest BCUT2D eigenvalue weighted by atomic mass is 35.5. The average molecular weight is 499 g/mol. The Hall–Kier alpha value is -2.68. The second kappa shape index (κ2) is 10.9. The lowest BCUT2D eigenvalue weighted by Gasteiger charge is -2.18. The number of likely N-dealkylation sites (tertiary alicyclic amines) is 1. The van der Waals surface area contributed by atoms with Gasteiger partial charge in [-0.2, -0.15) is 0 Å². The molecule has 2 aromatic carbocycles. The fourth-order valence-electron chi connectivity index (χ4n) is 5.25. The fourth-order valence-corrected chi connectivity index (χ4v) is 5.42. The largest absolute Gasteiger partial charge is 0.491 e. The molecular weight excluding hydrogens is 467 g/mol. The molecule has 3 N–H and O–H groups in total. The molecule has 186 valence electrons. The van der Waals surface area contributed by atoms with Gasteiger partial charge in [0, 0.05) is 32.1 Å². The van der Waals surface area contributed by atoms with Gasteiger partial charge in [-0.25, -0.2) is 14.4 Å². The quantitative estimate of drug-likeness (QED) is 0.381. The van der Waals surface area contributed by atoms with Crippen molar-refractivity contribution in [3.8, 4) is 5.75 Å². The van der Waals surface area contributed by atoms with Crippen molar-refractivity contribution in [3.05, 3.63) is 47.5 Å². The Morgan fingerprint density at radius 2 is 2.09 bits per heavy atom. The van der Waals surface area contributed by atoms with E-state index in [9.17, 15) is 4.39 Å². The van der Waals surface area contributed by atoms with Crippen LogP contribution in [0.3, 0.4) is 0 Å². The fraction of sp³-hybridized carbons (Fsp3) is 0.462. The third kappa shape index (κ3) is 5.44. The molecule has 0 radical (unpaired) electrons. The average Bonchev–Trinajstić information content (AvgIpc) is 3.12. The highest BCUT2D eigenvalue weighted by Crippen LogP contribution is 2.34. The molecule has 3 aromatic rings. The molecule has 2 aliphatic heterocycles. The predicted molar refractivity (Wildman–Crippen MR) is 139 cm³/mol. The second-order valence-electron chi connectivity index (χ2n) is 9.39. The first-order valence-electron chi connectivity index (χ1n) is 12.4. The maximum Gasteiger partial charge on any atom is 0.165 e. The molecule has 1 aromatic heterocycles. The van der Waals surface area contributed by atoms with Crippen LogP contribution >= 0.6 is 11.6 Å². The predicted octanol–water partition coefficient (Wildman–Crippen LogP) is 4.91. The molecule has 0 amide bonds. The number of hydrogen-bond acceptors (Lipinski definition) is 7. The summed E-state index contributed by atoms with van der Waals surface area (Å²) >= 11 is 5.94. The molecule has 2 fully saturated rings. The molecule has 9 heteroatoms. The zero-order valence-corrected chi connectivity index (χ0v) is 20.7. The van der Waals surface area contributed by atoms with Crippen LogP contribution in [0.25, 0.3) is 10.9 Å². The van der Waals surface area contributed by atoms with Crippen molar-refractivity contribution in [1.82, 2.24) is 20.2 Å². The Morgan fingerprint density at radius 1 is 1.20 bits per heavy atom. The zero-order chi connectivity index (χ0) is 24.2. The van der Waals surface area contributed by atoms with E-state index >= 15 is 0 Å². The van der Waals surface area contributed by atoms with Gasteiger partial charge in [-0.15, -0.1) is 0 Å². The lowest BCUT2D eigenvalue weighted by Crippen LogP contribution is -2.27. The van der Waals surface area contributed by atoms with Gasteiger partial charge in [0.25, 0.3) is 0 Å². The Labute approximate surface area is 210 Å². The number of halogens is 2. The standard InChI is InChI=1S/C26H32ClFN6O/c1-29-23-12-22-19(26(32-16-31-22)33-21-7-2-6-20(27)25(21)28)11-24(23)35-10-4-9-34-14-17-5-3-8-30-13-18(17)15-34/h2,6-7,11-12,16-18,29-30H,3-5,8-10,13-15H2,1H3,(H,31,32,33)/t17-,18+/m1/s1. The number of aromatic nitrogens is 2. The van der Waals surface area contributed by atoms with E-state index in [1.54, 1.807) is 12.1 Å². The van der Waals surface area contributed by atoms with E-state index < -0.39 is 5.82 Å². The van der Waals surface area contributed by atoms with Gasteiger partial charge in [0.15, 0.2) is 5.82 Å². The van der Waals surface area contributed by atoms with Crippen molar-refractivity contribution in [1.29, 1.82) is 0 Å². The van der Waals surface area contributed by atoms with Gasteiger partial charge in [-0.3, -0.25) is 0 Å². The SMILES string of the molecule is CNc1cc2ncnc(Nc3cccc(Cl)c3F)c2cc1OCCCN1C[C@H]2CCCNC[C@H]2C1. The summed E-state index contributed by atoms with van der Waals surface area (Å²) in [5.41, 5.74) is 1.84. The van der Waals surface area contributed by atoms with Gasteiger partial charge >= 0.3 is 0 Å². The normalized spacial score (nSPS) is 20.4. The minimum Gasteiger partial charge on any atom is -0.491 e. The molecular formula is C26H32ClFN6O. The van der Waals surface area contributed by atoms with E-state index in [4.69, 9.17) is 16.3 Å². The van der Waals surface area contributed by atoms with Gasteiger partial charge in [0.1, 0.15) is 17.9 Å². The topological polar surface area (TPSA) is 74.3 Å². The number of ether oxygens (including phenoxy) is 1. The van der Waals surface area contributed by atoms with Crippen molar-refractivity contribution in [2.75, 3.05) is 57.0 Å². The minimum atomic E-state index is -0.516. The number of hydrogen-bond donors (Lipinski definition) is 3. The second-order valence-corrected chi connectivity index (χ2v) is 9.80. The van der Waals surface area contributed by atoms with Crippen LogP contribution in [0.2, 0.25) is 5.02 Å². The molecule has 7 nitrogen and oxygen atoms in total. The van der Waals surface area contributed by atoms with Crippen molar-refractivity contribution >= 4 is 39.7 Å². The van der Waals surface area contributed by atoms with E-state index in [0.717, 1.165) is 60.2 Å². The molecule has 2 atom stereocenters. The maximum atomic E-state index is 14.5. The summed E-state index contributed by atoms with van der Waals surface area (Å²) < 4.78 is 20.7. The number of nitrogens with zero attached hydrogens (tertiary/aromatic N) is 3. The molecule has 35 heavy (non-hydrogen) atoms. The summed E-state index contributed by atoms with van der Waals surface area (Å²) in [5.74, 6) is 2.31. The molecule has 0 unspecified atom stereocenters. The van der Waals surface area contributed by atoms with Gasteiger partial charge < -0.3 is 25.6 Å². The lowest BCUT2D eigenvalue weighted by atomic mass is 9.93. The van der Waals surface area contributed by atoms with Crippen LogP contribution in [0, 0.1) is 17.7 Å². The van der Waals surface area contributed by atoms with Crippen LogP contribution in [0.4, 0.5) is 21.6 Å². The van der Waals surface area contributed by atoms with E-state index in [1.165, 1.54) is 38.3 Å². The highest BCUT2D eigenvalue weighted by molar-refractivity contribution is 6.31. The highest BCUT2D eigenvalue weighted by Gasteiger charge is 2.32. The molecule has 0 aliphatic carbocycles. The van der Waals surface area contributed by atoms with Crippen LogP contribution in [-0.4, -0.2) is 61.2 Å². The van der Waals surface area contributed by atoms with E-state index in [1.807, 2.05) is 19.2 Å². The Bertz CT molecular complexity index is 1160. The Balaban J connectivity index is 1.26. The lowest BCUT2D eigenvalue weighted by molar-refractivity contribution is 0.256. The van der Waals surface area contributed by atoms with Gasteiger partial charge in [-0.05, 0) is 68.5 Å². The first-order valence-corrected chi connectivity index (χ1v) is 12.7. The van der Waals surface area contributed by atoms with Crippen LogP contribution < -0.4 is 20.7 Å². The summed E-state index contributed by atoms with van der Waals surface area (Å²) in [6.45, 7) is 6.36. The number of anilines is 3. The maximum absolute atomic E-state index is 14.5. The van der Waals surface area contributed by atoms with Gasteiger partial charge in [-0.1, -0.05) is 17.7 Å². The summed E-state index contributed by atoms with van der Waals surface area (Å²) in [5, 5.41) is 10.6. The molecule has 2 aliphatic rings. The van der Waals surface area contributed by atoms with Crippen molar-refractivity contribution in [2.24, 2.45) is 11.8 Å². The zero-order valence-electron chi connectivity index (χ0n) is 20.0. The molecule has 0 spiro atoms. The minimum absolute atomic E-state index is 0.0546. The summed E-state index contributed by atoms with van der Waals surface area (Å²) in [4.78, 5) is 11.3. The summed E-state index contributed by atoms with van der Waals surface area (Å²) in [6.07, 6.45) is 5.04. The van der Waals surface area contributed by atoms with E-state index in [0.29, 0.717) is 12.4 Å². The Morgan fingerprint density at radius 3 is 2.97 bits per heavy atom. The number of fused-ring (bicyclic) bond motifs is 2. The first-order chi connectivity index (χ1) is 17.1. The third-order valence-corrected chi connectivity index (χ3v) is 7.37. The number of nitrogens with one attached hydrogen (secondary N) is 3. The van der Waals surface area contributed by atoms with Gasteiger partial charge in [0.2, 0.25) is 0 Å². The monoisotopic (exact) mass is 498 g/mol. The van der Waals surface area contributed by atoms with Crippen molar-refractivity contribution in [3.63, 3.8) is 0 Å². The molecule has 5 rings (SSSR count). The van der Waals surface area contributed by atoms with E-state index in [2.05, 4.69) is 30.8 Å². The summed E-state index contributed by atoms with van der Waals surface area (Å²) in [6, 6.07) is 8.66. The third-order valence-electron chi connectivity index (χ3n) is 7.07. The van der Waals surface area contributed by atoms with Crippen LogP contribution in [-0.2, 0) is 0 Å². The molecule has 3 heterocycles. The van der Waals surface area contributed by atoms with Crippen molar-refractivity contribution in [2.45, 2.75) is 19.3 Å².